The molecule has 0 spiro atoms. The van der Waals surface area contributed by atoms with Crippen molar-refractivity contribution in [2.24, 2.45) is 11.8 Å². The molecule has 0 aromatic heterocycles. The van der Waals surface area contributed by atoms with Gasteiger partial charge in [-0.25, -0.2) is 9.18 Å². The first-order valence-corrected chi connectivity index (χ1v) is 15.6. The minimum atomic E-state index is -1.25. The van der Waals surface area contributed by atoms with E-state index in [0.29, 0.717) is 18.3 Å². The number of hydrogen-bond acceptors (Lipinski definition) is 3. The number of carbonyl (C=O) groups excluding carboxylic acids is 1. The van der Waals surface area contributed by atoms with Crippen molar-refractivity contribution < 1.29 is 23.0 Å². The summed E-state index contributed by atoms with van der Waals surface area (Å²) in [5, 5.41) is 0. The highest BCUT2D eigenvalue weighted by molar-refractivity contribution is 5.91. The second-order valence-corrected chi connectivity index (χ2v) is 11.3. The van der Waals surface area contributed by atoms with Crippen molar-refractivity contribution in [2.45, 2.75) is 110 Å². The molecule has 0 N–H and O–H groups in total. The fraction of sp³-hybridized carbons (Fsp3) is 0.571. The maximum absolute atomic E-state index is 14.6. The van der Waals surface area contributed by atoms with Gasteiger partial charge in [-0.2, -0.15) is 4.39 Å². The van der Waals surface area contributed by atoms with E-state index in [0.717, 1.165) is 56.4 Å². The van der Waals surface area contributed by atoms with Crippen LogP contribution in [-0.2, 0) is 6.42 Å². The van der Waals surface area contributed by atoms with E-state index in [9.17, 15) is 13.6 Å². The quantitative estimate of drug-likeness (QED) is 0.0844. The Labute approximate surface area is 240 Å². The molecule has 2 aromatic carbocycles. The fourth-order valence-electron chi connectivity index (χ4n) is 5.47. The summed E-state index contributed by atoms with van der Waals surface area (Å²) in [4.78, 5) is 12.5. The number of benzene rings is 2. The highest BCUT2D eigenvalue weighted by atomic mass is 19.2. The van der Waals surface area contributed by atoms with Crippen molar-refractivity contribution in [1.29, 1.82) is 0 Å². The second-order valence-electron chi connectivity index (χ2n) is 11.3. The Hall–Kier alpha value is -2.69. The molecule has 1 fully saturated rings. The Morgan fingerprint density at radius 2 is 1.55 bits per heavy atom. The van der Waals surface area contributed by atoms with Crippen molar-refractivity contribution in [3.63, 3.8) is 0 Å². The molecule has 0 amide bonds. The molecule has 0 saturated heterocycles. The number of ether oxygens (including phenoxy) is 2. The topological polar surface area (TPSA) is 35.5 Å². The van der Waals surface area contributed by atoms with Crippen LogP contribution in [0.3, 0.4) is 0 Å². The molecule has 1 aliphatic rings. The zero-order valence-electron chi connectivity index (χ0n) is 24.6. The van der Waals surface area contributed by atoms with Gasteiger partial charge >= 0.3 is 5.97 Å². The molecule has 3 nitrogen and oxygen atoms in total. The first kappa shape index (κ1) is 31.8. The lowest BCUT2D eigenvalue weighted by atomic mass is 9.79. The van der Waals surface area contributed by atoms with E-state index in [4.69, 9.17) is 9.47 Å². The smallest absolute Gasteiger partial charge is 0.346 e. The average Bonchev–Trinajstić information content (AvgIpc) is 2.97. The average molecular weight is 555 g/mol. The van der Waals surface area contributed by atoms with E-state index in [1.165, 1.54) is 63.5 Å². The molecule has 1 saturated carbocycles. The Balaban J connectivity index is 1.39. The summed E-state index contributed by atoms with van der Waals surface area (Å²) in [7, 11) is 0. The Kier molecular flexibility index (Phi) is 14.2. The molecule has 2 aromatic rings. The number of unbranched alkanes of at least 4 members (excludes halogenated alkanes) is 6. The van der Waals surface area contributed by atoms with Crippen molar-refractivity contribution in [2.75, 3.05) is 6.61 Å². The van der Waals surface area contributed by atoms with E-state index in [1.807, 2.05) is 12.1 Å². The Morgan fingerprint density at radius 3 is 2.27 bits per heavy atom. The standard InChI is InChI=1S/C35H48F2O3/c1-3-5-7-8-12-26-39-32-25-24-31(33(36)34(32)37)35(38)40-30-22-20-29(21-23-30)15-11-10-14-28-18-16-27(17-19-28)13-9-6-4-2/h10,14,20-25,27-28H,3-9,11-13,15-19,26H2,1-2H3/b14-10+. The molecular weight excluding hydrogens is 506 g/mol. The van der Waals surface area contributed by atoms with Crippen molar-refractivity contribution >= 4 is 5.97 Å². The highest BCUT2D eigenvalue weighted by Crippen LogP contribution is 2.33. The predicted octanol–water partition coefficient (Wildman–Crippen LogP) is 10.4. The molecule has 1 aliphatic carbocycles. The van der Waals surface area contributed by atoms with Crippen LogP contribution in [0.25, 0.3) is 0 Å². The van der Waals surface area contributed by atoms with Crippen LogP contribution < -0.4 is 9.47 Å². The summed E-state index contributed by atoms with van der Waals surface area (Å²) >= 11 is 0. The van der Waals surface area contributed by atoms with Gasteiger partial charge in [0.05, 0.1) is 12.2 Å². The minimum Gasteiger partial charge on any atom is -0.490 e. The van der Waals surface area contributed by atoms with Crippen molar-refractivity contribution in [3.8, 4) is 11.5 Å². The predicted molar refractivity (Wildman–Crippen MR) is 159 cm³/mol. The third-order valence-electron chi connectivity index (χ3n) is 8.02. The van der Waals surface area contributed by atoms with Crippen LogP contribution in [-0.4, -0.2) is 12.6 Å². The summed E-state index contributed by atoms with van der Waals surface area (Å²) in [6, 6.07) is 9.71. The highest BCUT2D eigenvalue weighted by Gasteiger charge is 2.21. The van der Waals surface area contributed by atoms with Gasteiger partial charge in [-0.05, 0) is 86.6 Å². The molecule has 0 atom stereocenters. The van der Waals surface area contributed by atoms with E-state index < -0.39 is 23.2 Å². The lowest BCUT2D eigenvalue weighted by molar-refractivity contribution is 0.0728. The summed E-state index contributed by atoms with van der Waals surface area (Å²) in [6.45, 7) is 4.72. The van der Waals surface area contributed by atoms with Gasteiger partial charge in [-0.3, -0.25) is 0 Å². The molecule has 0 radical (unpaired) electrons. The van der Waals surface area contributed by atoms with Crippen LogP contribution in [0.1, 0.15) is 120 Å². The molecule has 220 valence electrons. The van der Waals surface area contributed by atoms with Gasteiger partial charge in [0, 0.05) is 0 Å². The molecular formula is C35H48F2O3. The van der Waals surface area contributed by atoms with Crippen LogP contribution in [0.4, 0.5) is 8.78 Å². The van der Waals surface area contributed by atoms with Crippen LogP contribution in [0, 0.1) is 23.5 Å². The molecule has 0 unspecified atom stereocenters. The van der Waals surface area contributed by atoms with Gasteiger partial charge in [0.25, 0.3) is 0 Å². The van der Waals surface area contributed by atoms with Crippen LogP contribution in [0.15, 0.2) is 48.6 Å². The van der Waals surface area contributed by atoms with Gasteiger partial charge < -0.3 is 9.47 Å². The number of rotatable bonds is 17. The number of halogens is 2. The molecule has 5 heteroatoms. The normalized spacial score (nSPS) is 17.3. The van der Waals surface area contributed by atoms with Gasteiger partial charge in [0.1, 0.15) is 5.75 Å². The number of hydrogen-bond donors (Lipinski definition) is 0. The molecule has 0 bridgehead atoms. The molecule has 0 heterocycles. The summed E-state index contributed by atoms with van der Waals surface area (Å²) in [5.41, 5.74) is 0.689. The lowest BCUT2D eigenvalue weighted by Crippen LogP contribution is -2.13. The summed E-state index contributed by atoms with van der Waals surface area (Å²) in [6.07, 6.45) is 22.5. The minimum absolute atomic E-state index is 0.182. The maximum atomic E-state index is 14.6. The van der Waals surface area contributed by atoms with Crippen LogP contribution >= 0.6 is 0 Å². The zero-order chi connectivity index (χ0) is 28.6. The van der Waals surface area contributed by atoms with E-state index in [1.54, 1.807) is 12.1 Å². The third kappa shape index (κ3) is 10.7. The SMILES string of the molecule is CCCCCCCOc1ccc(C(=O)Oc2ccc(CC/C=C/C3CCC(CCCCC)CC3)cc2)c(F)c1F. The van der Waals surface area contributed by atoms with Gasteiger partial charge in [0.15, 0.2) is 11.6 Å². The van der Waals surface area contributed by atoms with Crippen molar-refractivity contribution in [1.82, 2.24) is 0 Å². The number of aryl methyl sites for hydroxylation is 1. The van der Waals surface area contributed by atoms with Gasteiger partial charge in [-0.15, -0.1) is 0 Å². The monoisotopic (exact) mass is 554 g/mol. The third-order valence-corrected chi connectivity index (χ3v) is 8.02. The lowest BCUT2D eigenvalue weighted by Gasteiger charge is -2.26. The largest absolute Gasteiger partial charge is 0.490 e. The van der Waals surface area contributed by atoms with E-state index in [2.05, 4.69) is 26.0 Å². The molecule has 40 heavy (non-hydrogen) atoms. The fourth-order valence-corrected chi connectivity index (χ4v) is 5.47. The Morgan fingerprint density at radius 1 is 0.850 bits per heavy atom. The zero-order valence-corrected chi connectivity index (χ0v) is 24.6. The van der Waals surface area contributed by atoms with Crippen LogP contribution in [0.2, 0.25) is 0 Å². The first-order valence-electron chi connectivity index (χ1n) is 15.6. The number of allylic oxidation sites excluding steroid dienone is 2. The van der Waals surface area contributed by atoms with Crippen LogP contribution in [0.5, 0.6) is 11.5 Å². The molecule has 0 aliphatic heterocycles. The number of carbonyl (C=O) groups is 1. The maximum Gasteiger partial charge on any atom is 0.346 e. The van der Waals surface area contributed by atoms with Gasteiger partial charge in [0.2, 0.25) is 5.82 Å². The second kappa shape index (κ2) is 17.9. The Bertz CT molecular complexity index is 1040. The van der Waals surface area contributed by atoms with E-state index >= 15 is 0 Å². The summed E-state index contributed by atoms with van der Waals surface area (Å²) < 4.78 is 39.8. The van der Waals surface area contributed by atoms with Crippen molar-refractivity contribution in [3.05, 3.63) is 71.3 Å². The summed E-state index contributed by atoms with van der Waals surface area (Å²) in [5.74, 6) is -1.58. The number of esters is 1. The molecule has 3 rings (SSSR count). The van der Waals surface area contributed by atoms with Gasteiger partial charge in [-0.1, -0.05) is 89.5 Å². The first-order chi connectivity index (χ1) is 19.5. The van der Waals surface area contributed by atoms with E-state index in [-0.39, 0.29) is 5.75 Å².